The van der Waals surface area contributed by atoms with Crippen molar-refractivity contribution < 1.29 is 0 Å². The normalized spacial score (nSPS) is 25.1. The van der Waals surface area contributed by atoms with Gasteiger partial charge in [-0.1, -0.05) is 6.42 Å². The number of hydrogen-bond donors (Lipinski definition) is 0. The van der Waals surface area contributed by atoms with Crippen LogP contribution in [0.5, 0.6) is 0 Å². The van der Waals surface area contributed by atoms with Crippen LogP contribution < -0.4 is 0 Å². The van der Waals surface area contributed by atoms with Crippen molar-refractivity contribution in [3.63, 3.8) is 0 Å². The molecule has 3 aliphatic rings. The van der Waals surface area contributed by atoms with E-state index in [1.807, 2.05) is 0 Å². The second kappa shape index (κ2) is 10.6. The van der Waals surface area contributed by atoms with E-state index in [1.54, 1.807) is 0 Å². The summed E-state index contributed by atoms with van der Waals surface area (Å²) in [5.41, 5.74) is 0. The third kappa shape index (κ3) is 5.67. The Morgan fingerprint density at radius 3 is 2.26 bits per heavy atom. The van der Waals surface area contributed by atoms with E-state index in [1.165, 1.54) is 58.3 Å². The van der Waals surface area contributed by atoms with Gasteiger partial charge in [0, 0.05) is 25.7 Å². The van der Waals surface area contributed by atoms with Gasteiger partial charge in [0.15, 0.2) is 5.92 Å². The van der Waals surface area contributed by atoms with Crippen molar-refractivity contribution in [3.05, 3.63) is 0 Å². The lowest BCUT2D eigenvalue weighted by Crippen LogP contribution is -2.45. The molecule has 0 aromatic heterocycles. The number of piperidine rings is 1. The molecular formula is C21H34N6. The lowest BCUT2D eigenvalue weighted by Gasteiger charge is -2.31. The summed E-state index contributed by atoms with van der Waals surface area (Å²) >= 11 is 0. The van der Waals surface area contributed by atoms with E-state index in [2.05, 4.69) is 26.8 Å². The number of rotatable bonds is 7. The Hall–Kier alpha value is -1.63. The van der Waals surface area contributed by atoms with Crippen molar-refractivity contribution in [1.29, 1.82) is 10.5 Å². The van der Waals surface area contributed by atoms with Gasteiger partial charge in [0.05, 0.1) is 12.1 Å². The van der Waals surface area contributed by atoms with E-state index in [9.17, 15) is 10.5 Å². The second-order valence-corrected chi connectivity index (χ2v) is 8.18. The van der Waals surface area contributed by atoms with E-state index in [4.69, 9.17) is 4.99 Å². The smallest absolute Gasteiger partial charge is 0.189 e. The van der Waals surface area contributed by atoms with Crippen molar-refractivity contribution in [1.82, 2.24) is 14.7 Å². The van der Waals surface area contributed by atoms with Crippen LogP contribution in [0.2, 0.25) is 0 Å². The van der Waals surface area contributed by atoms with Crippen LogP contribution in [0.3, 0.4) is 0 Å². The van der Waals surface area contributed by atoms with Crippen LogP contribution in [0, 0.1) is 28.6 Å². The first-order chi connectivity index (χ1) is 13.3. The largest absolute Gasteiger partial charge is 0.354 e. The van der Waals surface area contributed by atoms with E-state index in [0.717, 1.165) is 51.3 Å². The molecule has 3 heterocycles. The highest BCUT2D eigenvalue weighted by Crippen LogP contribution is 2.23. The second-order valence-electron chi connectivity index (χ2n) is 8.18. The number of nitrogens with zero attached hydrogens (tertiary/aromatic N) is 6. The van der Waals surface area contributed by atoms with E-state index in [0.29, 0.717) is 6.04 Å². The molecule has 0 saturated carbocycles. The molecule has 1 atom stereocenters. The van der Waals surface area contributed by atoms with Crippen molar-refractivity contribution in [2.75, 3.05) is 52.4 Å². The molecule has 3 aliphatic heterocycles. The van der Waals surface area contributed by atoms with Crippen LogP contribution in [0.1, 0.15) is 51.4 Å². The fourth-order valence-electron chi connectivity index (χ4n) is 4.75. The minimum Gasteiger partial charge on any atom is -0.354 e. The van der Waals surface area contributed by atoms with Crippen molar-refractivity contribution in [2.45, 2.75) is 57.4 Å². The maximum Gasteiger partial charge on any atom is 0.189 e. The highest BCUT2D eigenvalue weighted by Gasteiger charge is 2.33. The molecule has 0 unspecified atom stereocenters. The average Bonchev–Trinajstić information content (AvgIpc) is 3.38. The SMILES string of the molecule is N#CC(C#N)C(=NCCCN1CCCCC1)N1CCC[C@H]1CN1CCCC1. The predicted octanol–water partition coefficient (Wildman–Crippen LogP) is 2.48. The minimum atomic E-state index is -0.737. The molecule has 0 amide bonds. The first kappa shape index (κ1) is 20.1. The number of likely N-dealkylation sites (tertiary alicyclic amines) is 3. The molecular weight excluding hydrogens is 336 g/mol. The maximum absolute atomic E-state index is 9.49. The summed E-state index contributed by atoms with van der Waals surface area (Å²) in [5, 5.41) is 19.0. The predicted molar refractivity (Wildman–Crippen MR) is 107 cm³/mol. The summed E-state index contributed by atoms with van der Waals surface area (Å²) in [6, 6.07) is 4.76. The van der Waals surface area contributed by atoms with Crippen LogP contribution in [-0.4, -0.2) is 78.9 Å². The Balaban J connectivity index is 1.59. The standard InChI is InChI=1S/C21H34N6/c22-16-19(17-23)21(24-9-7-14-25-10-2-1-3-11-25)27-15-6-8-20(27)18-26-12-4-5-13-26/h19-20H,1-15,18H2/t20-/m0/s1. The highest BCUT2D eigenvalue weighted by atomic mass is 15.3. The van der Waals surface area contributed by atoms with Crippen molar-refractivity contribution >= 4 is 5.84 Å². The Morgan fingerprint density at radius 2 is 1.56 bits per heavy atom. The zero-order valence-electron chi connectivity index (χ0n) is 16.7. The van der Waals surface area contributed by atoms with Gasteiger partial charge in [-0.2, -0.15) is 10.5 Å². The van der Waals surface area contributed by atoms with Crippen molar-refractivity contribution in [2.24, 2.45) is 10.9 Å². The molecule has 0 aromatic carbocycles. The average molecular weight is 371 g/mol. The molecule has 0 radical (unpaired) electrons. The monoisotopic (exact) mass is 370 g/mol. The summed E-state index contributed by atoms with van der Waals surface area (Å²) in [6.45, 7) is 8.58. The van der Waals surface area contributed by atoms with Crippen LogP contribution in [-0.2, 0) is 0 Å². The summed E-state index contributed by atoms with van der Waals surface area (Å²) < 4.78 is 0. The van der Waals surface area contributed by atoms with E-state index in [-0.39, 0.29) is 0 Å². The van der Waals surface area contributed by atoms with Crippen molar-refractivity contribution in [3.8, 4) is 12.1 Å². The Bertz CT molecular complexity index is 548. The zero-order chi connectivity index (χ0) is 18.9. The molecule has 6 heteroatoms. The third-order valence-corrected chi connectivity index (χ3v) is 6.21. The van der Waals surface area contributed by atoms with Gasteiger partial charge in [0.25, 0.3) is 0 Å². The van der Waals surface area contributed by atoms with E-state index < -0.39 is 5.92 Å². The summed E-state index contributed by atoms with van der Waals surface area (Å²) in [5.74, 6) is -0.000458. The van der Waals surface area contributed by atoms with Gasteiger partial charge in [-0.25, -0.2) is 0 Å². The quantitative estimate of drug-likeness (QED) is 0.391. The molecule has 0 spiro atoms. The third-order valence-electron chi connectivity index (χ3n) is 6.21. The first-order valence-corrected chi connectivity index (χ1v) is 10.9. The number of aliphatic imine (C=N–C) groups is 1. The van der Waals surface area contributed by atoms with Crippen LogP contribution in [0.4, 0.5) is 0 Å². The molecule has 0 aliphatic carbocycles. The van der Waals surface area contributed by atoms with Gasteiger partial charge in [-0.3, -0.25) is 4.99 Å². The van der Waals surface area contributed by atoms with Crippen LogP contribution in [0.25, 0.3) is 0 Å². The fraction of sp³-hybridized carbons (Fsp3) is 0.857. The van der Waals surface area contributed by atoms with Crippen LogP contribution in [0.15, 0.2) is 4.99 Å². The van der Waals surface area contributed by atoms with E-state index >= 15 is 0 Å². The van der Waals surface area contributed by atoms with Gasteiger partial charge >= 0.3 is 0 Å². The molecule has 0 bridgehead atoms. The molecule has 6 nitrogen and oxygen atoms in total. The molecule has 3 saturated heterocycles. The Morgan fingerprint density at radius 1 is 0.889 bits per heavy atom. The lowest BCUT2D eigenvalue weighted by molar-refractivity contribution is 0.227. The topological polar surface area (TPSA) is 69.7 Å². The van der Waals surface area contributed by atoms with Gasteiger partial charge in [0.2, 0.25) is 0 Å². The molecule has 3 fully saturated rings. The molecule has 27 heavy (non-hydrogen) atoms. The highest BCUT2D eigenvalue weighted by molar-refractivity contribution is 5.89. The van der Waals surface area contributed by atoms with Gasteiger partial charge in [-0.05, 0) is 77.7 Å². The summed E-state index contributed by atoms with van der Waals surface area (Å²) in [7, 11) is 0. The number of amidine groups is 1. The Kier molecular flexibility index (Phi) is 7.93. The van der Waals surface area contributed by atoms with Crippen LogP contribution >= 0.6 is 0 Å². The number of hydrogen-bond acceptors (Lipinski definition) is 5. The summed E-state index contributed by atoms with van der Waals surface area (Å²) in [6.07, 6.45) is 9.86. The summed E-state index contributed by atoms with van der Waals surface area (Å²) in [4.78, 5) is 12.2. The Labute approximate surface area is 164 Å². The minimum absolute atomic E-state index is 0.410. The van der Waals surface area contributed by atoms with Gasteiger partial charge < -0.3 is 14.7 Å². The molecule has 148 valence electrons. The molecule has 0 aromatic rings. The van der Waals surface area contributed by atoms with Gasteiger partial charge in [0.1, 0.15) is 5.84 Å². The molecule has 3 rings (SSSR count). The zero-order valence-corrected chi connectivity index (χ0v) is 16.7. The maximum atomic E-state index is 9.49. The number of nitriles is 2. The molecule has 0 N–H and O–H groups in total. The lowest BCUT2D eigenvalue weighted by atomic mass is 10.1. The van der Waals surface area contributed by atoms with Gasteiger partial charge in [-0.15, -0.1) is 0 Å². The first-order valence-electron chi connectivity index (χ1n) is 10.9. The fourth-order valence-corrected chi connectivity index (χ4v) is 4.75.